The van der Waals surface area contributed by atoms with Gasteiger partial charge in [0.2, 0.25) is 0 Å². The Hall–Kier alpha value is -2.46. The lowest BCUT2D eigenvalue weighted by atomic mass is 9.99. The van der Waals surface area contributed by atoms with Crippen molar-refractivity contribution in [3.8, 4) is 0 Å². The van der Waals surface area contributed by atoms with Gasteiger partial charge in [0.25, 0.3) is 0 Å². The second kappa shape index (κ2) is 3.80. The van der Waals surface area contributed by atoms with Crippen molar-refractivity contribution in [1.29, 1.82) is 0 Å². The fourth-order valence-corrected chi connectivity index (χ4v) is 2.74. The van der Waals surface area contributed by atoms with Crippen molar-refractivity contribution < 1.29 is 24.1 Å². The highest BCUT2D eigenvalue weighted by Gasteiger charge is 2.64. The fourth-order valence-electron chi connectivity index (χ4n) is 2.74. The van der Waals surface area contributed by atoms with Crippen molar-refractivity contribution in [2.45, 2.75) is 31.1 Å². The maximum Gasteiger partial charge on any atom is 0.509 e. The Morgan fingerprint density at radius 3 is 3.05 bits per heavy atom. The average molecular weight is 293 g/mol. The number of fused-ring (bicyclic) bond motifs is 2. The molecule has 0 amide bonds. The first-order valence-corrected chi connectivity index (χ1v) is 6.17. The van der Waals surface area contributed by atoms with E-state index in [9.17, 15) is 9.90 Å². The summed E-state index contributed by atoms with van der Waals surface area (Å²) in [7, 11) is 0. The second-order valence-corrected chi connectivity index (χ2v) is 5.04. The van der Waals surface area contributed by atoms with E-state index in [0.717, 1.165) is 0 Å². The number of nitrogens with two attached hydrogens (primary N) is 1. The standard InChI is InChI=1S/C11H11N5O5/c1-11-5(19-10(18)21-11)8(17)20-9(11)16-3-15-4-6(12)13-2-14-7(4)16/h2-3,5,8-9,17H,1H3,(H2,12,13,14)/t5-,8?,9-,11-/m1/s1. The Labute approximate surface area is 117 Å². The van der Waals surface area contributed by atoms with Gasteiger partial charge < -0.3 is 25.1 Å². The van der Waals surface area contributed by atoms with E-state index in [4.69, 9.17) is 19.9 Å². The predicted octanol–water partition coefficient (Wildman–Crippen LogP) is -0.450. The van der Waals surface area contributed by atoms with Crippen LogP contribution < -0.4 is 5.73 Å². The molecule has 0 spiro atoms. The van der Waals surface area contributed by atoms with Crippen molar-refractivity contribution in [3.05, 3.63) is 12.7 Å². The summed E-state index contributed by atoms with van der Waals surface area (Å²) in [6, 6.07) is 0. The molecule has 110 valence electrons. The molecule has 21 heavy (non-hydrogen) atoms. The van der Waals surface area contributed by atoms with Crippen LogP contribution in [0.25, 0.3) is 11.2 Å². The first-order valence-electron chi connectivity index (χ1n) is 6.17. The number of rotatable bonds is 1. The van der Waals surface area contributed by atoms with E-state index in [1.807, 2.05) is 0 Å². The number of nitrogen functional groups attached to an aromatic ring is 1. The number of aromatic nitrogens is 4. The van der Waals surface area contributed by atoms with Crippen molar-refractivity contribution in [2.75, 3.05) is 5.73 Å². The van der Waals surface area contributed by atoms with Crippen LogP contribution in [0.4, 0.5) is 10.6 Å². The molecule has 2 aromatic rings. The zero-order valence-electron chi connectivity index (χ0n) is 10.8. The molecule has 2 aliphatic heterocycles. The molecule has 1 unspecified atom stereocenters. The number of carbonyl (C=O) groups excluding carboxylic acids is 1. The summed E-state index contributed by atoms with van der Waals surface area (Å²) in [6.07, 6.45) is -1.20. The molecule has 10 nitrogen and oxygen atoms in total. The highest BCUT2D eigenvalue weighted by molar-refractivity contribution is 5.81. The summed E-state index contributed by atoms with van der Waals surface area (Å²) >= 11 is 0. The van der Waals surface area contributed by atoms with Gasteiger partial charge in [-0.3, -0.25) is 4.57 Å². The molecule has 3 N–H and O–H groups in total. The third-order valence-electron chi connectivity index (χ3n) is 3.75. The van der Waals surface area contributed by atoms with Gasteiger partial charge in [-0.15, -0.1) is 0 Å². The zero-order valence-corrected chi connectivity index (χ0v) is 10.8. The number of imidazole rings is 1. The van der Waals surface area contributed by atoms with Crippen LogP contribution in [0.5, 0.6) is 0 Å². The largest absolute Gasteiger partial charge is 0.509 e. The monoisotopic (exact) mass is 293 g/mol. The van der Waals surface area contributed by atoms with E-state index >= 15 is 0 Å². The van der Waals surface area contributed by atoms with Gasteiger partial charge in [0.1, 0.15) is 11.8 Å². The first kappa shape index (κ1) is 12.3. The molecule has 0 bridgehead atoms. The molecule has 2 saturated heterocycles. The van der Waals surface area contributed by atoms with Gasteiger partial charge in [-0.2, -0.15) is 0 Å². The maximum atomic E-state index is 11.4. The maximum absolute atomic E-state index is 11.4. The van der Waals surface area contributed by atoms with Crippen LogP contribution in [0.15, 0.2) is 12.7 Å². The second-order valence-electron chi connectivity index (χ2n) is 5.04. The van der Waals surface area contributed by atoms with Gasteiger partial charge in [0.05, 0.1) is 6.33 Å². The summed E-state index contributed by atoms with van der Waals surface area (Å²) in [6.45, 7) is 1.61. The average Bonchev–Trinajstić information content (AvgIpc) is 3.04. The van der Waals surface area contributed by atoms with Crippen LogP contribution in [0, 0.1) is 0 Å². The topological polar surface area (TPSA) is 135 Å². The Kier molecular flexibility index (Phi) is 2.22. The minimum absolute atomic E-state index is 0.221. The molecule has 0 radical (unpaired) electrons. The van der Waals surface area contributed by atoms with Crippen LogP contribution in [0.1, 0.15) is 13.2 Å². The number of nitrogens with zero attached hydrogens (tertiary/aromatic N) is 4. The molecule has 0 aliphatic carbocycles. The molecule has 2 aliphatic rings. The van der Waals surface area contributed by atoms with Crippen LogP contribution >= 0.6 is 0 Å². The van der Waals surface area contributed by atoms with E-state index in [0.29, 0.717) is 11.2 Å². The number of carbonyl (C=O) groups is 1. The summed E-state index contributed by atoms with van der Waals surface area (Å²) < 4.78 is 17.1. The molecule has 2 aromatic heterocycles. The van der Waals surface area contributed by atoms with E-state index in [1.54, 1.807) is 6.92 Å². The van der Waals surface area contributed by atoms with Crippen LogP contribution in [0.2, 0.25) is 0 Å². The molecule has 4 heterocycles. The van der Waals surface area contributed by atoms with Gasteiger partial charge >= 0.3 is 6.16 Å². The normalized spacial score (nSPS) is 34.8. The number of anilines is 1. The Balaban J connectivity index is 1.85. The summed E-state index contributed by atoms with van der Waals surface area (Å²) in [5, 5.41) is 9.91. The first-order chi connectivity index (χ1) is 10.0. The van der Waals surface area contributed by atoms with Crippen molar-refractivity contribution in [2.24, 2.45) is 0 Å². The van der Waals surface area contributed by atoms with Crippen molar-refractivity contribution in [3.63, 3.8) is 0 Å². The van der Waals surface area contributed by atoms with Crippen LogP contribution in [-0.2, 0) is 14.2 Å². The number of hydrogen-bond donors (Lipinski definition) is 2. The lowest BCUT2D eigenvalue weighted by Gasteiger charge is -2.25. The quantitative estimate of drug-likeness (QED) is 0.670. The minimum atomic E-state index is -1.30. The van der Waals surface area contributed by atoms with Gasteiger partial charge in [-0.1, -0.05) is 0 Å². The van der Waals surface area contributed by atoms with Crippen LogP contribution in [0.3, 0.4) is 0 Å². The number of ether oxygens (including phenoxy) is 3. The lowest BCUT2D eigenvalue weighted by Crippen LogP contribution is -2.41. The number of aliphatic hydroxyl groups is 1. The van der Waals surface area contributed by atoms with Crippen molar-refractivity contribution >= 4 is 23.1 Å². The molecule has 0 saturated carbocycles. The van der Waals surface area contributed by atoms with E-state index in [-0.39, 0.29) is 5.82 Å². The highest BCUT2D eigenvalue weighted by Crippen LogP contribution is 2.46. The molecular formula is C11H11N5O5. The Morgan fingerprint density at radius 2 is 2.24 bits per heavy atom. The summed E-state index contributed by atoms with van der Waals surface area (Å²) in [5.41, 5.74) is 5.34. The van der Waals surface area contributed by atoms with Crippen LogP contribution in [-0.4, -0.2) is 48.8 Å². The predicted molar refractivity (Wildman–Crippen MR) is 65.6 cm³/mol. The molecule has 4 rings (SSSR count). The number of hydrogen-bond acceptors (Lipinski definition) is 9. The van der Waals surface area contributed by atoms with E-state index in [2.05, 4.69) is 15.0 Å². The van der Waals surface area contributed by atoms with Gasteiger partial charge in [0, 0.05) is 0 Å². The summed E-state index contributed by atoms with van der Waals surface area (Å²) in [5.74, 6) is 0.221. The van der Waals surface area contributed by atoms with Gasteiger partial charge in [-0.05, 0) is 6.92 Å². The Morgan fingerprint density at radius 1 is 1.43 bits per heavy atom. The highest BCUT2D eigenvalue weighted by atomic mass is 16.8. The minimum Gasteiger partial charge on any atom is -0.421 e. The molecule has 10 heteroatoms. The van der Waals surface area contributed by atoms with Gasteiger partial charge in [-0.25, -0.2) is 19.7 Å². The third-order valence-corrected chi connectivity index (χ3v) is 3.75. The number of aliphatic hydroxyl groups excluding tert-OH is 1. The summed E-state index contributed by atoms with van der Waals surface area (Å²) in [4.78, 5) is 23.4. The Bertz CT molecular complexity index is 748. The SMILES string of the molecule is C[C@@]12OC(=O)O[C@@H]1C(O)O[C@H]2n1cnc2c(N)ncnc21. The van der Waals surface area contributed by atoms with Crippen molar-refractivity contribution in [1.82, 2.24) is 19.5 Å². The fraction of sp³-hybridized carbons (Fsp3) is 0.455. The molecule has 4 atom stereocenters. The smallest absolute Gasteiger partial charge is 0.421 e. The van der Waals surface area contributed by atoms with E-state index in [1.165, 1.54) is 17.2 Å². The van der Waals surface area contributed by atoms with E-state index < -0.39 is 30.4 Å². The molecule has 2 fully saturated rings. The van der Waals surface area contributed by atoms with Gasteiger partial charge in [0.15, 0.2) is 35.7 Å². The molecular weight excluding hydrogens is 282 g/mol. The lowest BCUT2D eigenvalue weighted by molar-refractivity contribution is -0.154. The zero-order chi connectivity index (χ0) is 14.8. The third kappa shape index (κ3) is 1.48. The molecule has 0 aromatic carbocycles.